The smallest absolute Gasteiger partial charge is 0.0454 e. The van der Waals surface area contributed by atoms with E-state index in [0.29, 0.717) is 0 Å². The number of halogens is 3. The number of rotatable bonds is 2. The number of fused-ring (bicyclic) bond motifs is 1. The molecule has 2 nitrogen and oxygen atoms in total. The van der Waals surface area contributed by atoms with Crippen molar-refractivity contribution < 1.29 is 0 Å². The van der Waals surface area contributed by atoms with Crippen LogP contribution in [0.5, 0.6) is 0 Å². The van der Waals surface area contributed by atoms with Crippen LogP contribution in [-0.2, 0) is 13.0 Å². The minimum atomic E-state index is -0.157. The molecule has 1 aliphatic heterocycles. The van der Waals surface area contributed by atoms with Crippen LogP contribution in [0.25, 0.3) is 0 Å². The van der Waals surface area contributed by atoms with E-state index in [-0.39, 0.29) is 17.9 Å². The van der Waals surface area contributed by atoms with Gasteiger partial charge in [0.25, 0.3) is 0 Å². The zero-order valence-corrected chi connectivity index (χ0v) is 13.8. The lowest BCUT2D eigenvalue weighted by atomic mass is 9.97. The molecule has 1 aliphatic rings. The Morgan fingerprint density at radius 1 is 1.39 bits per heavy atom. The Balaban J connectivity index is 0.00000162. The lowest BCUT2D eigenvalue weighted by Crippen LogP contribution is -2.46. The van der Waals surface area contributed by atoms with Crippen LogP contribution in [0.4, 0.5) is 0 Å². The molecule has 102 valence electrons. The van der Waals surface area contributed by atoms with E-state index in [9.17, 15) is 0 Å². The van der Waals surface area contributed by atoms with Gasteiger partial charge in [0.05, 0.1) is 0 Å². The molecule has 1 aromatic carbocycles. The van der Waals surface area contributed by atoms with E-state index in [4.69, 9.17) is 17.3 Å². The largest absolute Gasteiger partial charge is 0.324 e. The zero-order valence-electron chi connectivity index (χ0n) is 10.7. The fourth-order valence-corrected chi connectivity index (χ4v) is 3.17. The standard InChI is InChI=1S/C13H18BrClN2.ClH/c1-13(2,16)8-17-6-5-9-10(7-17)12(15)4-3-11(9)14;/h3-4H,5-8,16H2,1-2H3;1H. The van der Waals surface area contributed by atoms with Crippen molar-refractivity contribution >= 4 is 39.9 Å². The molecule has 0 saturated heterocycles. The van der Waals surface area contributed by atoms with Gasteiger partial charge < -0.3 is 5.73 Å². The number of hydrogen-bond donors (Lipinski definition) is 1. The molecule has 0 bridgehead atoms. The van der Waals surface area contributed by atoms with Crippen LogP contribution in [0.1, 0.15) is 25.0 Å². The van der Waals surface area contributed by atoms with Gasteiger partial charge in [-0.15, -0.1) is 12.4 Å². The number of hydrogen-bond acceptors (Lipinski definition) is 2. The van der Waals surface area contributed by atoms with Crippen LogP contribution in [0, 0.1) is 0 Å². The molecule has 0 amide bonds. The van der Waals surface area contributed by atoms with Crippen molar-refractivity contribution in [2.45, 2.75) is 32.4 Å². The van der Waals surface area contributed by atoms with Gasteiger partial charge in [-0.25, -0.2) is 0 Å². The molecule has 0 aromatic heterocycles. The van der Waals surface area contributed by atoms with E-state index in [0.717, 1.165) is 31.1 Å². The molecular formula is C13H19BrCl2N2. The molecule has 0 radical (unpaired) electrons. The highest BCUT2D eigenvalue weighted by Crippen LogP contribution is 2.32. The average Bonchev–Trinajstić information content (AvgIpc) is 2.21. The third-order valence-corrected chi connectivity index (χ3v) is 4.10. The van der Waals surface area contributed by atoms with Crippen LogP contribution < -0.4 is 5.73 Å². The molecule has 0 fully saturated rings. The van der Waals surface area contributed by atoms with Gasteiger partial charge in [0.1, 0.15) is 0 Å². The fraction of sp³-hybridized carbons (Fsp3) is 0.538. The fourth-order valence-electron chi connectivity index (χ4n) is 2.36. The first-order valence-electron chi connectivity index (χ1n) is 5.84. The molecule has 0 spiro atoms. The van der Waals surface area contributed by atoms with Crippen molar-refractivity contribution in [1.82, 2.24) is 4.90 Å². The SMILES string of the molecule is CC(C)(N)CN1CCc2c(Br)ccc(Cl)c2C1.Cl. The molecule has 5 heteroatoms. The Morgan fingerprint density at radius 3 is 2.67 bits per heavy atom. The summed E-state index contributed by atoms with van der Waals surface area (Å²) in [6, 6.07) is 3.99. The Labute approximate surface area is 128 Å². The van der Waals surface area contributed by atoms with Gasteiger partial charge in [-0.05, 0) is 43.5 Å². The highest BCUT2D eigenvalue weighted by molar-refractivity contribution is 9.10. The van der Waals surface area contributed by atoms with Crippen LogP contribution >= 0.6 is 39.9 Å². The van der Waals surface area contributed by atoms with Gasteiger partial charge in [0, 0.05) is 34.7 Å². The highest BCUT2D eigenvalue weighted by atomic mass is 79.9. The Hall–Kier alpha value is 0.200. The van der Waals surface area contributed by atoms with E-state index in [1.165, 1.54) is 15.6 Å². The monoisotopic (exact) mass is 352 g/mol. The second-order valence-corrected chi connectivity index (χ2v) is 6.70. The number of benzene rings is 1. The summed E-state index contributed by atoms with van der Waals surface area (Å²) in [4.78, 5) is 2.38. The first-order chi connectivity index (χ1) is 7.87. The predicted molar refractivity (Wildman–Crippen MR) is 83.6 cm³/mol. The minimum Gasteiger partial charge on any atom is -0.324 e. The van der Waals surface area contributed by atoms with Gasteiger partial charge in [-0.3, -0.25) is 4.90 Å². The number of nitrogens with zero attached hydrogens (tertiary/aromatic N) is 1. The van der Waals surface area contributed by atoms with E-state index in [1.807, 2.05) is 12.1 Å². The van der Waals surface area contributed by atoms with Crippen LogP contribution in [0.15, 0.2) is 16.6 Å². The Bertz CT molecular complexity index is 430. The van der Waals surface area contributed by atoms with Gasteiger partial charge >= 0.3 is 0 Å². The second-order valence-electron chi connectivity index (χ2n) is 5.44. The van der Waals surface area contributed by atoms with E-state index in [1.54, 1.807) is 0 Å². The third-order valence-electron chi connectivity index (χ3n) is 3.01. The molecule has 0 aliphatic carbocycles. The lowest BCUT2D eigenvalue weighted by molar-refractivity contribution is 0.209. The van der Waals surface area contributed by atoms with Gasteiger partial charge in [-0.1, -0.05) is 27.5 Å². The van der Waals surface area contributed by atoms with Crippen molar-refractivity contribution in [3.8, 4) is 0 Å². The molecule has 1 aromatic rings. The molecule has 0 saturated carbocycles. The summed E-state index contributed by atoms with van der Waals surface area (Å²) >= 11 is 9.87. The van der Waals surface area contributed by atoms with Crippen molar-refractivity contribution in [2.24, 2.45) is 5.73 Å². The summed E-state index contributed by atoms with van der Waals surface area (Å²) < 4.78 is 1.17. The van der Waals surface area contributed by atoms with E-state index < -0.39 is 0 Å². The maximum Gasteiger partial charge on any atom is 0.0454 e. The highest BCUT2D eigenvalue weighted by Gasteiger charge is 2.24. The van der Waals surface area contributed by atoms with Gasteiger partial charge in [0.2, 0.25) is 0 Å². The van der Waals surface area contributed by atoms with Crippen LogP contribution in [0.2, 0.25) is 5.02 Å². The lowest BCUT2D eigenvalue weighted by Gasteiger charge is -2.34. The molecule has 0 unspecified atom stereocenters. The maximum absolute atomic E-state index is 6.27. The van der Waals surface area contributed by atoms with Crippen molar-refractivity contribution in [2.75, 3.05) is 13.1 Å². The minimum absolute atomic E-state index is 0. The molecule has 2 rings (SSSR count). The third kappa shape index (κ3) is 3.84. The zero-order chi connectivity index (χ0) is 12.6. The summed E-state index contributed by atoms with van der Waals surface area (Å²) in [5.41, 5.74) is 8.51. The molecule has 0 atom stereocenters. The predicted octanol–water partition coefficient (Wildman–Crippen LogP) is 3.62. The summed E-state index contributed by atoms with van der Waals surface area (Å²) in [5, 5.41) is 0.864. The molecule has 2 N–H and O–H groups in total. The normalized spacial score (nSPS) is 16.1. The topological polar surface area (TPSA) is 29.3 Å². The summed E-state index contributed by atoms with van der Waals surface area (Å²) in [7, 11) is 0. The maximum atomic E-state index is 6.27. The van der Waals surface area contributed by atoms with E-state index >= 15 is 0 Å². The van der Waals surface area contributed by atoms with Crippen molar-refractivity contribution in [1.29, 1.82) is 0 Å². The Morgan fingerprint density at radius 2 is 2.06 bits per heavy atom. The first kappa shape index (κ1) is 16.3. The van der Waals surface area contributed by atoms with E-state index in [2.05, 4.69) is 34.7 Å². The quantitative estimate of drug-likeness (QED) is 0.879. The first-order valence-corrected chi connectivity index (χ1v) is 7.01. The van der Waals surface area contributed by atoms with Crippen molar-refractivity contribution in [3.63, 3.8) is 0 Å². The summed E-state index contributed by atoms with van der Waals surface area (Å²) in [6.07, 6.45) is 1.03. The summed E-state index contributed by atoms with van der Waals surface area (Å²) in [6.45, 7) is 6.96. The van der Waals surface area contributed by atoms with Gasteiger partial charge in [-0.2, -0.15) is 0 Å². The summed E-state index contributed by atoms with van der Waals surface area (Å²) in [5.74, 6) is 0. The van der Waals surface area contributed by atoms with Crippen LogP contribution in [0.3, 0.4) is 0 Å². The molecule has 18 heavy (non-hydrogen) atoms. The van der Waals surface area contributed by atoms with Gasteiger partial charge in [0.15, 0.2) is 0 Å². The van der Waals surface area contributed by atoms with Crippen molar-refractivity contribution in [3.05, 3.63) is 32.8 Å². The Kier molecular flexibility index (Phi) is 5.51. The average molecular weight is 354 g/mol. The second kappa shape index (κ2) is 6.10. The molecule has 1 heterocycles. The number of nitrogens with two attached hydrogens (primary N) is 1. The molecular weight excluding hydrogens is 335 g/mol. The van der Waals surface area contributed by atoms with Crippen LogP contribution in [-0.4, -0.2) is 23.5 Å².